The van der Waals surface area contributed by atoms with Crippen LogP contribution in [-0.4, -0.2) is 5.88 Å². The molecule has 0 saturated heterocycles. The molecule has 0 nitrogen and oxygen atoms in total. The van der Waals surface area contributed by atoms with Gasteiger partial charge >= 0.3 is 0 Å². The average molecular weight is 191 g/mol. The van der Waals surface area contributed by atoms with Gasteiger partial charge in [0.25, 0.3) is 0 Å². The van der Waals surface area contributed by atoms with Gasteiger partial charge in [0.1, 0.15) is 0 Å². The van der Waals surface area contributed by atoms with E-state index in [-0.39, 0.29) is 5.41 Å². The third-order valence-electron chi connectivity index (χ3n) is 2.86. The van der Waals surface area contributed by atoms with E-state index in [0.29, 0.717) is 5.41 Å². The van der Waals surface area contributed by atoms with Gasteiger partial charge in [-0.25, -0.2) is 0 Å². The van der Waals surface area contributed by atoms with Gasteiger partial charge in [-0.3, -0.25) is 0 Å². The Hall–Kier alpha value is 0.290. The highest BCUT2D eigenvalue weighted by Crippen LogP contribution is 2.39. The Morgan fingerprint density at radius 1 is 1.08 bits per heavy atom. The van der Waals surface area contributed by atoms with Crippen LogP contribution in [0.25, 0.3) is 0 Å². The van der Waals surface area contributed by atoms with Gasteiger partial charge in [0.05, 0.1) is 0 Å². The molecular formula is C11H23Cl. The van der Waals surface area contributed by atoms with Gasteiger partial charge in [0.2, 0.25) is 0 Å². The molecule has 0 saturated carbocycles. The van der Waals surface area contributed by atoms with Crippen molar-refractivity contribution in [3.8, 4) is 0 Å². The summed E-state index contributed by atoms with van der Waals surface area (Å²) in [4.78, 5) is 0. The molecule has 0 atom stereocenters. The molecule has 0 heterocycles. The molecule has 0 aliphatic rings. The fraction of sp³-hybridized carbons (Fsp3) is 1.00. The van der Waals surface area contributed by atoms with Crippen molar-refractivity contribution >= 4 is 11.6 Å². The van der Waals surface area contributed by atoms with Gasteiger partial charge < -0.3 is 0 Å². The Labute approximate surface area is 82.7 Å². The Morgan fingerprint density at radius 2 is 1.50 bits per heavy atom. The summed E-state index contributed by atoms with van der Waals surface area (Å²) in [6.45, 7) is 13.7. The molecule has 0 spiro atoms. The zero-order chi connectivity index (χ0) is 9.99. The van der Waals surface area contributed by atoms with Gasteiger partial charge in [-0.2, -0.15) is 0 Å². The van der Waals surface area contributed by atoms with E-state index in [1.54, 1.807) is 0 Å². The quantitative estimate of drug-likeness (QED) is 0.580. The molecule has 12 heavy (non-hydrogen) atoms. The van der Waals surface area contributed by atoms with Crippen LogP contribution in [0.4, 0.5) is 0 Å². The first kappa shape index (κ1) is 12.3. The number of halogens is 1. The molecule has 0 fully saturated rings. The largest absolute Gasteiger partial charge is 0.126 e. The third kappa shape index (κ3) is 3.80. The smallest absolute Gasteiger partial charge is 0.0274 e. The van der Waals surface area contributed by atoms with Crippen molar-refractivity contribution in [2.45, 2.75) is 48.0 Å². The summed E-state index contributed by atoms with van der Waals surface area (Å²) in [6, 6.07) is 0. The van der Waals surface area contributed by atoms with Crippen LogP contribution in [0.3, 0.4) is 0 Å². The average Bonchev–Trinajstić information content (AvgIpc) is 1.85. The van der Waals surface area contributed by atoms with Crippen LogP contribution in [0.1, 0.15) is 48.0 Å². The maximum atomic E-state index is 5.90. The summed E-state index contributed by atoms with van der Waals surface area (Å²) in [5, 5.41) is 0. The van der Waals surface area contributed by atoms with E-state index in [9.17, 15) is 0 Å². The summed E-state index contributed by atoms with van der Waals surface area (Å²) in [6.07, 6.45) is 1.20. The molecule has 0 radical (unpaired) electrons. The van der Waals surface area contributed by atoms with E-state index in [1.807, 2.05) is 0 Å². The molecular weight excluding hydrogens is 168 g/mol. The molecule has 0 aromatic carbocycles. The Morgan fingerprint density at radius 3 is 1.75 bits per heavy atom. The van der Waals surface area contributed by atoms with Crippen LogP contribution in [0.5, 0.6) is 0 Å². The standard InChI is InChI=1S/C11H23Cl/c1-9(2)11(5,6)7-10(3,4)8-12/h9H,7-8H2,1-6H3. The number of rotatable bonds is 4. The summed E-state index contributed by atoms with van der Waals surface area (Å²) in [5.41, 5.74) is 0.674. The first-order valence-corrected chi connectivity index (χ1v) is 5.31. The Balaban J connectivity index is 4.23. The second-order valence-corrected chi connectivity index (χ2v) is 5.89. The lowest BCUT2D eigenvalue weighted by molar-refractivity contribution is 0.154. The van der Waals surface area contributed by atoms with Crippen LogP contribution < -0.4 is 0 Å². The maximum Gasteiger partial charge on any atom is 0.0274 e. The highest BCUT2D eigenvalue weighted by atomic mass is 35.5. The van der Waals surface area contributed by atoms with E-state index >= 15 is 0 Å². The lowest BCUT2D eigenvalue weighted by Gasteiger charge is -2.36. The van der Waals surface area contributed by atoms with E-state index in [4.69, 9.17) is 11.6 Å². The fourth-order valence-corrected chi connectivity index (χ4v) is 1.58. The zero-order valence-electron chi connectivity index (χ0n) is 9.37. The van der Waals surface area contributed by atoms with Crippen molar-refractivity contribution in [1.29, 1.82) is 0 Å². The van der Waals surface area contributed by atoms with E-state index < -0.39 is 0 Å². The molecule has 0 aromatic rings. The van der Waals surface area contributed by atoms with Crippen molar-refractivity contribution in [2.24, 2.45) is 16.7 Å². The minimum atomic E-state index is 0.273. The molecule has 0 aliphatic carbocycles. The van der Waals surface area contributed by atoms with Crippen molar-refractivity contribution in [2.75, 3.05) is 5.88 Å². The first-order valence-electron chi connectivity index (χ1n) is 4.77. The number of alkyl halides is 1. The predicted molar refractivity (Wildman–Crippen MR) is 57.7 cm³/mol. The molecule has 0 aromatic heterocycles. The van der Waals surface area contributed by atoms with E-state index in [0.717, 1.165) is 11.8 Å². The second-order valence-electron chi connectivity index (χ2n) is 5.62. The lowest BCUT2D eigenvalue weighted by Crippen LogP contribution is -2.28. The molecule has 0 N–H and O–H groups in total. The summed E-state index contributed by atoms with van der Waals surface area (Å²) in [5.74, 6) is 1.48. The van der Waals surface area contributed by atoms with Gasteiger partial charge in [-0.1, -0.05) is 41.5 Å². The highest BCUT2D eigenvalue weighted by Gasteiger charge is 2.30. The van der Waals surface area contributed by atoms with Gasteiger partial charge in [-0.15, -0.1) is 11.6 Å². The molecule has 0 rings (SSSR count). The summed E-state index contributed by atoms with van der Waals surface area (Å²) < 4.78 is 0. The maximum absolute atomic E-state index is 5.90. The summed E-state index contributed by atoms with van der Waals surface area (Å²) in [7, 11) is 0. The molecule has 1 heteroatoms. The zero-order valence-corrected chi connectivity index (χ0v) is 10.1. The minimum absolute atomic E-state index is 0.273. The molecule has 0 bridgehead atoms. The fourth-order valence-electron chi connectivity index (χ4n) is 1.48. The predicted octanol–water partition coefficient (Wildman–Crippen LogP) is 4.32. The summed E-state index contributed by atoms with van der Waals surface area (Å²) >= 11 is 5.90. The van der Waals surface area contributed by atoms with Crippen molar-refractivity contribution in [1.82, 2.24) is 0 Å². The minimum Gasteiger partial charge on any atom is -0.126 e. The van der Waals surface area contributed by atoms with E-state index in [1.165, 1.54) is 6.42 Å². The van der Waals surface area contributed by atoms with Gasteiger partial charge in [0.15, 0.2) is 0 Å². The molecule has 0 amide bonds. The third-order valence-corrected chi connectivity index (χ3v) is 3.58. The molecule has 0 unspecified atom stereocenters. The second kappa shape index (κ2) is 4.00. The monoisotopic (exact) mass is 190 g/mol. The number of hydrogen-bond donors (Lipinski definition) is 0. The SMILES string of the molecule is CC(C)C(C)(C)CC(C)(C)CCl. The highest BCUT2D eigenvalue weighted by molar-refractivity contribution is 6.18. The topological polar surface area (TPSA) is 0 Å². The van der Waals surface area contributed by atoms with Gasteiger partial charge in [-0.05, 0) is 23.2 Å². The first-order chi connectivity index (χ1) is 5.21. The Bertz CT molecular complexity index is 134. The van der Waals surface area contributed by atoms with E-state index in [2.05, 4.69) is 41.5 Å². The van der Waals surface area contributed by atoms with Crippen LogP contribution >= 0.6 is 11.6 Å². The normalized spacial score (nSPS) is 14.0. The van der Waals surface area contributed by atoms with Crippen molar-refractivity contribution in [3.63, 3.8) is 0 Å². The van der Waals surface area contributed by atoms with Crippen LogP contribution in [0.2, 0.25) is 0 Å². The van der Waals surface area contributed by atoms with Crippen molar-refractivity contribution < 1.29 is 0 Å². The van der Waals surface area contributed by atoms with Gasteiger partial charge in [0, 0.05) is 5.88 Å². The molecule has 0 aliphatic heterocycles. The van der Waals surface area contributed by atoms with Crippen LogP contribution in [0, 0.1) is 16.7 Å². The molecule has 74 valence electrons. The van der Waals surface area contributed by atoms with Crippen molar-refractivity contribution in [3.05, 3.63) is 0 Å². The number of hydrogen-bond acceptors (Lipinski definition) is 0. The van der Waals surface area contributed by atoms with Crippen LogP contribution in [0.15, 0.2) is 0 Å². The van der Waals surface area contributed by atoms with Crippen LogP contribution in [-0.2, 0) is 0 Å². The Kier molecular flexibility index (Phi) is 4.10. The lowest BCUT2D eigenvalue weighted by atomic mass is 9.70.